The molecule has 98 valence electrons. The van der Waals surface area contributed by atoms with Crippen LogP contribution in [0, 0.1) is 6.92 Å². The van der Waals surface area contributed by atoms with E-state index in [-0.39, 0.29) is 0 Å². The predicted octanol–water partition coefficient (Wildman–Crippen LogP) is 4.07. The van der Waals surface area contributed by atoms with Crippen LogP contribution in [-0.2, 0) is 0 Å². The first-order chi connectivity index (χ1) is 8.97. The Labute approximate surface area is 126 Å². The lowest BCUT2D eigenvalue weighted by Gasteiger charge is -2.10. The molecule has 3 nitrogen and oxygen atoms in total. The van der Waals surface area contributed by atoms with E-state index in [0.717, 1.165) is 5.56 Å². The van der Waals surface area contributed by atoms with Gasteiger partial charge in [-0.2, -0.15) is 0 Å². The summed E-state index contributed by atoms with van der Waals surface area (Å²) in [6.07, 6.45) is 1.61. The van der Waals surface area contributed by atoms with E-state index in [9.17, 15) is 0 Å². The van der Waals surface area contributed by atoms with Crippen molar-refractivity contribution in [1.29, 1.82) is 0 Å². The second-order valence-electron chi connectivity index (χ2n) is 4.00. The van der Waals surface area contributed by atoms with Crippen molar-refractivity contribution in [3.05, 3.63) is 51.6 Å². The van der Waals surface area contributed by atoms with Gasteiger partial charge in [0.2, 0.25) is 0 Å². The van der Waals surface area contributed by atoms with E-state index in [2.05, 4.69) is 10.3 Å². The van der Waals surface area contributed by atoms with Crippen LogP contribution in [-0.4, -0.2) is 9.97 Å². The Kier molecular flexibility index (Phi) is 4.24. The smallest absolute Gasteiger partial charge is 0.130 e. The van der Waals surface area contributed by atoms with E-state index in [1.165, 1.54) is 0 Å². The highest BCUT2D eigenvalue weighted by Gasteiger charge is 2.06. The zero-order valence-corrected chi connectivity index (χ0v) is 12.4. The van der Waals surface area contributed by atoms with Crippen LogP contribution in [0.4, 0.5) is 11.5 Å². The SMILES string of the molecule is Cc1cc(Cl)c(Nc2ccc(C(N)=S)cn2)cc1Cl. The van der Waals surface area contributed by atoms with Gasteiger partial charge in [0.25, 0.3) is 0 Å². The van der Waals surface area contributed by atoms with Crippen LogP contribution in [0.3, 0.4) is 0 Å². The predicted molar refractivity (Wildman–Crippen MR) is 84.6 cm³/mol. The minimum absolute atomic E-state index is 0.315. The molecule has 0 unspecified atom stereocenters. The molecule has 1 aromatic heterocycles. The molecule has 19 heavy (non-hydrogen) atoms. The lowest BCUT2D eigenvalue weighted by molar-refractivity contribution is 1.29. The average molecular weight is 312 g/mol. The highest BCUT2D eigenvalue weighted by molar-refractivity contribution is 7.80. The van der Waals surface area contributed by atoms with Gasteiger partial charge in [-0.3, -0.25) is 0 Å². The van der Waals surface area contributed by atoms with E-state index in [1.54, 1.807) is 30.5 Å². The molecular weight excluding hydrogens is 301 g/mol. The summed E-state index contributed by atoms with van der Waals surface area (Å²) in [4.78, 5) is 4.52. The van der Waals surface area contributed by atoms with Crippen LogP contribution >= 0.6 is 35.4 Å². The highest BCUT2D eigenvalue weighted by Crippen LogP contribution is 2.30. The first-order valence-corrected chi connectivity index (χ1v) is 6.62. The van der Waals surface area contributed by atoms with Crippen molar-refractivity contribution >= 4 is 51.9 Å². The number of hydrogen-bond acceptors (Lipinski definition) is 3. The van der Waals surface area contributed by atoms with Gasteiger partial charge in [0.15, 0.2) is 0 Å². The van der Waals surface area contributed by atoms with Crippen molar-refractivity contribution in [3.8, 4) is 0 Å². The maximum Gasteiger partial charge on any atom is 0.130 e. The molecule has 0 amide bonds. The third-order valence-electron chi connectivity index (χ3n) is 2.56. The van der Waals surface area contributed by atoms with Gasteiger partial charge >= 0.3 is 0 Å². The molecule has 1 heterocycles. The fourth-order valence-corrected chi connectivity index (χ4v) is 2.04. The maximum absolute atomic E-state index is 6.14. The number of nitrogens with one attached hydrogen (secondary N) is 1. The molecule has 0 aliphatic heterocycles. The molecule has 0 bridgehead atoms. The van der Waals surface area contributed by atoms with Crippen molar-refractivity contribution in [2.24, 2.45) is 5.73 Å². The lowest BCUT2D eigenvalue weighted by atomic mass is 10.2. The van der Waals surface area contributed by atoms with Gasteiger partial charge in [0.1, 0.15) is 10.8 Å². The maximum atomic E-state index is 6.14. The van der Waals surface area contributed by atoms with Crippen molar-refractivity contribution in [3.63, 3.8) is 0 Å². The number of hydrogen-bond donors (Lipinski definition) is 2. The zero-order chi connectivity index (χ0) is 14.0. The second-order valence-corrected chi connectivity index (χ2v) is 5.26. The van der Waals surface area contributed by atoms with Gasteiger partial charge in [-0.25, -0.2) is 4.98 Å². The fraction of sp³-hybridized carbons (Fsp3) is 0.0769. The summed E-state index contributed by atoms with van der Waals surface area (Å²) in [5, 5.41) is 4.33. The minimum atomic E-state index is 0.315. The summed E-state index contributed by atoms with van der Waals surface area (Å²) in [7, 11) is 0. The minimum Gasteiger partial charge on any atom is -0.389 e. The molecule has 2 aromatic rings. The molecule has 0 spiro atoms. The van der Waals surface area contributed by atoms with Crippen LogP contribution in [0.1, 0.15) is 11.1 Å². The molecule has 6 heteroatoms. The Morgan fingerprint density at radius 1 is 1.26 bits per heavy atom. The quantitative estimate of drug-likeness (QED) is 0.839. The van der Waals surface area contributed by atoms with Gasteiger partial charge in [0.05, 0.1) is 10.7 Å². The third-order valence-corrected chi connectivity index (χ3v) is 3.51. The second kappa shape index (κ2) is 5.74. The van der Waals surface area contributed by atoms with Gasteiger partial charge in [0, 0.05) is 16.8 Å². The number of halogens is 2. The number of aryl methyl sites for hydroxylation is 1. The first kappa shape index (κ1) is 14.1. The number of nitrogens with two attached hydrogens (primary N) is 1. The van der Waals surface area contributed by atoms with E-state index < -0.39 is 0 Å². The van der Waals surface area contributed by atoms with E-state index in [4.69, 9.17) is 41.2 Å². The Morgan fingerprint density at radius 2 is 2.00 bits per heavy atom. The van der Waals surface area contributed by atoms with Crippen molar-refractivity contribution in [2.75, 3.05) is 5.32 Å². The molecule has 2 rings (SSSR count). The number of rotatable bonds is 3. The van der Waals surface area contributed by atoms with E-state index in [0.29, 0.717) is 32.1 Å². The Morgan fingerprint density at radius 3 is 2.58 bits per heavy atom. The topological polar surface area (TPSA) is 50.9 Å². The number of benzene rings is 1. The number of thiocarbonyl (C=S) groups is 1. The van der Waals surface area contributed by atoms with Crippen LogP contribution < -0.4 is 11.1 Å². The summed E-state index contributed by atoms with van der Waals surface area (Å²) >= 11 is 17.1. The van der Waals surface area contributed by atoms with Crippen molar-refractivity contribution in [1.82, 2.24) is 4.98 Å². The molecule has 1 aromatic carbocycles. The van der Waals surface area contributed by atoms with Gasteiger partial charge in [-0.05, 0) is 36.8 Å². The molecule has 0 saturated carbocycles. The number of nitrogens with zero attached hydrogens (tertiary/aromatic N) is 1. The molecule has 0 aliphatic rings. The van der Waals surface area contributed by atoms with Crippen molar-refractivity contribution in [2.45, 2.75) is 6.92 Å². The Hall–Kier alpha value is -1.36. The summed E-state index contributed by atoms with van der Waals surface area (Å²) in [6, 6.07) is 7.14. The van der Waals surface area contributed by atoms with Crippen LogP contribution in [0.15, 0.2) is 30.5 Å². The lowest BCUT2D eigenvalue weighted by Crippen LogP contribution is -2.09. The first-order valence-electron chi connectivity index (χ1n) is 5.46. The van der Waals surface area contributed by atoms with E-state index >= 15 is 0 Å². The number of pyridine rings is 1. The summed E-state index contributed by atoms with van der Waals surface area (Å²) in [5.74, 6) is 0.641. The van der Waals surface area contributed by atoms with Crippen LogP contribution in [0.2, 0.25) is 10.0 Å². The van der Waals surface area contributed by atoms with E-state index in [1.807, 2.05) is 6.92 Å². The molecular formula is C13H11Cl2N3S. The Balaban J connectivity index is 2.26. The molecule has 0 saturated heterocycles. The summed E-state index contributed by atoms with van der Waals surface area (Å²) < 4.78 is 0. The number of anilines is 2. The number of aromatic nitrogens is 1. The van der Waals surface area contributed by atoms with Crippen LogP contribution in [0.25, 0.3) is 0 Å². The average Bonchev–Trinajstić information content (AvgIpc) is 2.36. The molecule has 0 fully saturated rings. The largest absolute Gasteiger partial charge is 0.389 e. The standard InChI is InChI=1S/C13H11Cl2N3S/c1-7-4-10(15)11(5-9(7)14)18-12-3-2-8(6-17-12)13(16)19/h2-6H,1H3,(H2,16,19)(H,17,18). The monoisotopic (exact) mass is 311 g/mol. The molecule has 0 radical (unpaired) electrons. The summed E-state index contributed by atoms with van der Waals surface area (Å²) in [6.45, 7) is 1.90. The molecule has 3 N–H and O–H groups in total. The molecule has 0 aliphatic carbocycles. The van der Waals surface area contributed by atoms with Gasteiger partial charge in [-0.15, -0.1) is 0 Å². The molecule has 0 atom stereocenters. The highest BCUT2D eigenvalue weighted by atomic mass is 35.5. The van der Waals surface area contributed by atoms with Gasteiger partial charge in [-0.1, -0.05) is 35.4 Å². The Bertz CT molecular complexity index is 627. The normalized spacial score (nSPS) is 10.3. The van der Waals surface area contributed by atoms with Crippen LogP contribution in [0.5, 0.6) is 0 Å². The third kappa shape index (κ3) is 3.35. The fourth-order valence-electron chi connectivity index (χ4n) is 1.49. The van der Waals surface area contributed by atoms with Gasteiger partial charge < -0.3 is 11.1 Å². The van der Waals surface area contributed by atoms with Crippen molar-refractivity contribution < 1.29 is 0 Å². The zero-order valence-electron chi connectivity index (χ0n) is 10.1. The summed E-state index contributed by atoms with van der Waals surface area (Å²) in [5.41, 5.74) is 7.85.